The van der Waals surface area contributed by atoms with Crippen LogP contribution in [0.25, 0.3) is 0 Å². The van der Waals surface area contributed by atoms with Crippen molar-refractivity contribution in [2.75, 3.05) is 7.11 Å². The maximum atomic E-state index is 6.08. The van der Waals surface area contributed by atoms with Gasteiger partial charge in [0, 0.05) is 6.20 Å². The lowest BCUT2D eigenvalue weighted by Gasteiger charge is -2.19. The van der Waals surface area contributed by atoms with E-state index in [0.29, 0.717) is 5.92 Å². The zero-order chi connectivity index (χ0) is 10.6. The third-order valence-electron chi connectivity index (χ3n) is 2.59. The predicted molar refractivity (Wildman–Crippen MR) is 57.2 cm³/mol. The van der Waals surface area contributed by atoms with Crippen LogP contribution in [0.2, 0.25) is 0 Å². The van der Waals surface area contributed by atoms with Crippen LogP contribution in [0.15, 0.2) is 18.3 Å². The van der Waals surface area contributed by atoms with Gasteiger partial charge in [-0.25, -0.2) is 0 Å². The Morgan fingerprint density at radius 2 is 2.29 bits per heavy atom. The molecule has 0 radical (unpaired) electrons. The Morgan fingerprint density at radius 3 is 2.86 bits per heavy atom. The summed E-state index contributed by atoms with van der Waals surface area (Å²) in [5.41, 5.74) is 6.93. The second kappa shape index (κ2) is 4.96. The largest absolute Gasteiger partial charge is 0.495 e. The summed E-state index contributed by atoms with van der Waals surface area (Å²) in [7, 11) is 1.64. The number of pyridine rings is 1. The highest BCUT2D eigenvalue weighted by molar-refractivity contribution is 5.29. The van der Waals surface area contributed by atoms with E-state index in [-0.39, 0.29) is 6.04 Å². The third kappa shape index (κ3) is 2.23. The van der Waals surface area contributed by atoms with Crippen LogP contribution >= 0.6 is 0 Å². The Kier molecular flexibility index (Phi) is 3.89. The quantitative estimate of drug-likeness (QED) is 0.798. The summed E-state index contributed by atoms with van der Waals surface area (Å²) in [5.74, 6) is 1.19. The highest BCUT2D eigenvalue weighted by Crippen LogP contribution is 2.27. The summed E-state index contributed by atoms with van der Waals surface area (Å²) < 4.78 is 5.22. The van der Waals surface area contributed by atoms with Crippen LogP contribution in [0.4, 0.5) is 0 Å². The second-order valence-electron chi connectivity index (χ2n) is 3.50. The fourth-order valence-electron chi connectivity index (χ4n) is 1.35. The second-order valence-corrected chi connectivity index (χ2v) is 3.50. The average molecular weight is 194 g/mol. The number of aromatic nitrogens is 1. The highest BCUT2D eigenvalue weighted by Gasteiger charge is 2.17. The summed E-state index contributed by atoms with van der Waals surface area (Å²) >= 11 is 0. The van der Waals surface area contributed by atoms with Gasteiger partial charge >= 0.3 is 0 Å². The first-order chi connectivity index (χ1) is 6.70. The van der Waals surface area contributed by atoms with Crippen molar-refractivity contribution in [3.63, 3.8) is 0 Å². The summed E-state index contributed by atoms with van der Waals surface area (Å²) in [6.45, 7) is 4.25. The summed E-state index contributed by atoms with van der Waals surface area (Å²) in [4.78, 5) is 4.27. The molecule has 14 heavy (non-hydrogen) atoms. The molecule has 78 valence electrons. The van der Waals surface area contributed by atoms with Crippen molar-refractivity contribution in [1.82, 2.24) is 4.98 Å². The van der Waals surface area contributed by atoms with Crippen molar-refractivity contribution in [2.24, 2.45) is 11.7 Å². The summed E-state index contributed by atoms with van der Waals surface area (Å²) in [5, 5.41) is 0. The van der Waals surface area contributed by atoms with Crippen molar-refractivity contribution in [2.45, 2.75) is 26.3 Å². The standard InChI is InChI=1S/C11H18N2O/c1-4-8(2)10(12)11-9(14-3)6-5-7-13-11/h5-8,10H,4,12H2,1-3H3. The van der Waals surface area contributed by atoms with E-state index in [0.717, 1.165) is 17.9 Å². The van der Waals surface area contributed by atoms with E-state index in [9.17, 15) is 0 Å². The maximum Gasteiger partial charge on any atom is 0.141 e. The Hall–Kier alpha value is -1.09. The molecule has 2 unspecified atom stereocenters. The van der Waals surface area contributed by atoms with Gasteiger partial charge in [0.15, 0.2) is 0 Å². The molecule has 0 fully saturated rings. The summed E-state index contributed by atoms with van der Waals surface area (Å²) in [6, 6.07) is 3.70. The molecule has 1 rings (SSSR count). The first kappa shape index (κ1) is 11.0. The molecule has 3 nitrogen and oxygen atoms in total. The number of hydrogen-bond acceptors (Lipinski definition) is 3. The molecule has 0 aliphatic rings. The average Bonchev–Trinajstić information content (AvgIpc) is 2.26. The minimum Gasteiger partial charge on any atom is -0.495 e. The fourth-order valence-corrected chi connectivity index (χ4v) is 1.35. The molecular weight excluding hydrogens is 176 g/mol. The van der Waals surface area contributed by atoms with E-state index >= 15 is 0 Å². The molecule has 3 heteroatoms. The van der Waals surface area contributed by atoms with Crippen molar-refractivity contribution in [3.05, 3.63) is 24.0 Å². The van der Waals surface area contributed by atoms with E-state index in [1.807, 2.05) is 12.1 Å². The number of nitrogens with two attached hydrogens (primary N) is 1. The van der Waals surface area contributed by atoms with Crippen molar-refractivity contribution in [3.8, 4) is 5.75 Å². The fraction of sp³-hybridized carbons (Fsp3) is 0.545. The minimum atomic E-state index is -0.0452. The molecule has 0 saturated heterocycles. The van der Waals surface area contributed by atoms with Crippen LogP contribution in [0, 0.1) is 5.92 Å². The van der Waals surface area contributed by atoms with Gasteiger partial charge in [-0.2, -0.15) is 0 Å². The Morgan fingerprint density at radius 1 is 1.57 bits per heavy atom. The van der Waals surface area contributed by atoms with Gasteiger partial charge in [-0.15, -0.1) is 0 Å². The zero-order valence-corrected chi connectivity index (χ0v) is 9.03. The van der Waals surface area contributed by atoms with Crippen LogP contribution in [0.5, 0.6) is 5.75 Å². The van der Waals surface area contributed by atoms with Gasteiger partial charge in [-0.05, 0) is 18.1 Å². The van der Waals surface area contributed by atoms with Crippen LogP contribution in [0.3, 0.4) is 0 Å². The summed E-state index contributed by atoms with van der Waals surface area (Å²) in [6.07, 6.45) is 2.79. The first-order valence-corrected chi connectivity index (χ1v) is 4.95. The van der Waals surface area contributed by atoms with Gasteiger partial charge in [0.25, 0.3) is 0 Å². The number of methoxy groups -OCH3 is 1. The van der Waals surface area contributed by atoms with Gasteiger partial charge in [-0.1, -0.05) is 20.3 Å². The van der Waals surface area contributed by atoms with Gasteiger partial charge in [0.05, 0.1) is 18.8 Å². The molecule has 0 bridgehead atoms. The monoisotopic (exact) mass is 194 g/mol. The molecule has 0 saturated carbocycles. The lowest BCUT2D eigenvalue weighted by Crippen LogP contribution is -2.20. The van der Waals surface area contributed by atoms with Crippen LogP contribution < -0.4 is 10.5 Å². The van der Waals surface area contributed by atoms with Gasteiger partial charge < -0.3 is 10.5 Å². The molecule has 0 amide bonds. The number of hydrogen-bond donors (Lipinski definition) is 1. The SMILES string of the molecule is CCC(C)C(N)c1ncccc1OC. The molecule has 1 aromatic heterocycles. The molecule has 0 aliphatic carbocycles. The smallest absolute Gasteiger partial charge is 0.141 e. The van der Waals surface area contributed by atoms with Crippen LogP contribution in [-0.4, -0.2) is 12.1 Å². The first-order valence-electron chi connectivity index (χ1n) is 4.95. The van der Waals surface area contributed by atoms with Crippen molar-refractivity contribution in [1.29, 1.82) is 0 Å². The lowest BCUT2D eigenvalue weighted by molar-refractivity contribution is 0.382. The Labute approximate surface area is 85.3 Å². The maximum absolute atomic E-state index is 6.08. The third-order valence-corrected chi connectivity index (χ3v) is 2.59. The van der Waals surface area contributed by atoms with Crippen LogP contribution in [-0.2, 0) is 0 Å². The van der Waals surface area contributed by atoms with E-state index in [1.54, 1.807) is 13.3 Å². The molecule has 0 spiro atoms. The van der Waals surface area contributed by atoms with E-state index in [2.05, 4.69) is 18.8 Å². The van der Waals surface area contributed by atoms with Gasteiger partial charge in [-0.3, -0.25) is 4.98 Å². The molecule has 1 heterocycles. The molecule has 0 aliphatic heterocycles. The number of rotatable bonds is 4. The number of ether oxygens (including phenoxy) is 1. The van der Waals surface area contributed by atoms with Gasteiger partial charge in [0.2, 0.25) is 0 Å². The van der Waals surface area contributed by atoms with Crippen molar-refractivity contribution < 1.29 is 4.74 Å². The van der Waals surface area contributed by atoms with E-state index in [4.69, 9.17) is 10.5 Å². The number of nitrogens with zero attached hydrogens (tertiary/aromatic N) is 1. The van der Waals surface area contributed by atoms with Crippen molar-refractivity contribution >= 4 is 0 Å². The normalized spacial score (nSPS) is 14.9. The molecule has 2 atom stereocenters. The molecular formula is C11H18N2O. The molecule has 1 aromatic rings. The van der Waals surface area contributed by atoms with Gasteiger partial charge in [0.1, 0.15) is 5.75 Å². The lowest BCUT2D eigenvalue weighted by atomic mass is 9.96. The predicted octanol–water partition coefficient (Wildman–Crippen LogP) is 2.14. The topological polar surface area (TPSA) is 48.1 Å². The zero-order valence-electron chi connectivity index (χ0n) is 9.03. The Balaban J connectivity index is 2.93. The highest BCUT2D eigenvalue weighted by atomic mass is 16.5. The Bertz CT molecular complexity index is 288. The van der Waals surface area contributed by atoms with E-state index < -0.39 is 0 Å². The minimum absolute atomic E-state index is 0.0452. The van der Waals surface area contributed by atoms with E-state index in [1.165, 1.54) is 0 Å². The molecule has 2 N–H and O–H groups in total. The molecule has 0 aromatic carbocycles. The van der Waals surface area contributed by atoms with Crippen LogP contribution in [0.1, 0.15) is 32.0 Å².